The molecule has 0 bridgehead atoms. The number of oxazole rings is 1. The number of nitrogens with zero attached hydrogens (tertiary/aromatic N) is 1. The monoisotopic (exact) mass is 266 g/mol. The smallest absolute Gasteiger partial charge is 0.393 e. The normalized spacial score (nSPS) is 10.7. The van der Waals surface area contributed by atoms with Crippen LogP contribution >= 0.6 is 11.3 Å². The summed E-state index contributed by atoms with van der Waals surface area (Å²) in [7, 11) is 0. The molecule has 1 N–H and O–H groups in total. The second-order valence-electron chi connectivity index (χ2n) is 3.96. The van der Waals surface area contributed by atoms with Gasteiger partial charge in [-0.3, -0.25) is 0 Å². The van der Waals surface area contributed by atoms with E-state index in [9.17, 15) is 0 Å². The summed E-state index contributed by atoms with van der Waals surface area (Å²) >= 11 is 1.74. The van der Waals surface area contributed by atoms with Crippen molar-refractivity contribution in [3.05, 3.63) is 34.3 Å². The molecule has 2 rings (SSSR count). The van der Waals surface area contributed by atoms with Crippen molar-refractivity contribution >= 4 is 11.3 Å². The van der Waals surface area contributed by atoms with Gasteiger partial charge in [0.25, 0.3) is 0 Å². The molecule has 0 radical (unpaired) electrons. The number of aromatic nitrogens is 1. The molecule has 0 unspecified atom stereocenters. The Hall–Kier alpha value is -1.33. The second kappa shape index (κ2) is 7.18. The third-order valence-corrected chi connectivity index (χ3v) is 3.35. The Labute approximate surface area is 111 Å². The zero-order valence-electron chi connectivity index (χ0n) is 10.5. The fourth-order valence-corrected chi connectivity index (χ4v) is 2.21. The molecule has 2 heterocycles. The summed E-state index contributed by atoms with van der Waals surface area (Å²) < 4.78 is 10.7. The molecule has 0 aliphatic rings. The lowest BCUT2D eigenvalue weighted by molar-refractivity contribution is 0.234. The summed E-state index contributed by atoms with van der Waals surface area (Å²) in [6.45, 7) is 4.45. The van der Waals surface area contributed by atoms with Crippen LogP contribution in [-0.4, -0.2) is 18.1 Å². The summed E-state index contributed by atoms with van der Waals surface area (Å²) in [6, 6.07) is 4.15. The molecule has 0 amide bonds. The van der Waals surface area contributed by atoms with Crippen LogP contribution in [-0.2, 0) is 13.0 Å². The fourth-order valence-electron chi connectivity index (χ4n) is 1.52. The van der Waals surface area contributed by atoms with Crippen LogP contribution in [0.4, 0.5) is 0 Å². The zero-order valence-corrected chi connectivity index (χ0v) is 11.3. The lowest BCUT2D eigenvalue weighted by Crippen LogP contribution is -2.13. The maximum absolute atomic E-state index is 5.47. The van der Waals surface area contributed by atoms with Crippen LogP contribution in [0.1, 0.15) is 23.9 Å². The third-order valence-electron chi connectivity index (χ3n) is 2.42. The van der Waals surface area contributed by atoms with E-state index >= 15 is 0 Å². The average molecular weight is 266 g/mol. The van der Waals surface area contributed by atoms with Crippen molar-refractivity contribution in [2.45, 2.75) is 26.3 Å². The Kier molecular flexibility index (Phi) is 5.23. The second-order valence-corrected chi connectivity index (χ2v) is 4.99. The molecule has 5 heteroatoms. The summed E-state index contributed by atoms with van der Waals surface area (Å²) in [4.78, 5) is 5.56. The number of hydrogen-bond acceptors (Lipinski definition) is 5. The fraction of sp³-hybridized carbons (Fsp3) is 0.462. The molecule has 98 valence electrons. The highest BCUT2D eigenvalue weighted by molar-refractivity contribution is 7.09. The van der Waals surface area contributed by atoms with Gasteiger partial charge in [0, 0.05) is 17.8 Å². The van der Waals surface area contributed by atoms with E-state index in [1.165, 1.54) is 4.88 Å². The molecule has 2 aromatic heterocycles. The molecule has 0 saturated heterocycles. The third kappa shape index (κ3) is 4.16. The first-order valence-electron chi connectivity index (χ1n) is 6.19. The van der Waals surface area contributed by atoms with Crippen molar-refractivity contribution < 1.29 is 9.15 Å². The number of thiophene rings is 1. The van der Waals surface area contributed by atoms with Crippen LogP contribution in [0.25, 0.3) is 0 Å². The SMILES string of the molecule is CCCNCc1coc(OCCc2cccs2)n1. The molecular weight excluding hydrogens is 248 g/mol. The minimum absolute atomic E-state index is 0.361. The van der Waals surface area contributed by atoms with Gasteiger partial charge in [-0.05, 0) is 24.4 Å². The average Bonchev–Trinajstić information content (AvgIpc) is 3.01. The highest BCUT2D eigenvalue weighted by Gasteiger charge is 2.04. The summed E-state index contributed by atoms with van der Waals surface area (Å²) in [5.74, 6) is 0. The van der Waals surface area contributed by atoms with Crippen molar-refractivity contribution in [3.8, 4) is 6.08 Å². The number of nitrogens with one attached hydrogen (secondary N) is 1. The van der Waals surface area contributed by atoms with Crippen LogP contribution in [0.15, 0.2) is 28.2 Å². The summed E-state index contributed by atoms with van der Waals surface area (Å²) in [5.41, 5.74) is 0.884. The molecule has 0 fully saturated rings. The molecule has 0 saturated carbocycles. The Morgan fingerprint density at radius 2 is 2.44 bits per heavy atom. The molecule has 0 atom stereocenters. The Bertz CT molecular complexity index is 440. The minimum atomic E-state index is 0.361. The highest BCUT2D eigenvalue weighted by atomic mass is 32.1. The number of hydrogen-bond donors (Lipinski definition) is 1. The van der Waals surface area contributed by atoms with E-state index in [1.807, 2.05) is 6.07 Å². The molecular formula is C13H18N2O2S. The number of rotatable bonds is 8. The van der Waals surface area contributed by atoms with E-state index in [-0.39, 0.29) is 0 Å². The minimum Gasteiger partial charge on any atom is -0.450 e. The van der Waals surface area contributed by atoms with Gasteiger partial charge in [-0.25, -0.2) is 0 Å². The van der Waals surface area contributed by atoms with Gasteiger partial charge >= 0.3 is 6.08 Å². The summed E-state index contributed by atoms with van der Waals surface area (Å²) in [6.07, 6.45) is 4.01. The van der Waals surface area contributed by atoms with Crippen LogP contribution in [0.2, 0.25) is 0 Å². The Morgan fingerprint density at radius 1 is 1.50 bits per heavy atom. The maximum Gasteiger partial charge on any atom is 0.393 e. The van der Waals surface area contributed by atoms with Gasteiger partial charge in [0.2, 0.25) is 0 Å². The number of ether oxygens (including phenoxy) is 1. The van der Waals surface area contributed by atoms with E-state index in [0.29, 0.717) is 12.7 Å². The molecule has 4 nitrogen and oxygen atoms in total. The first-order valence-corrected chi connectivity index (χ1v) is 7.06. The lowest BCUT2D eigenvalue weighted by Gasteiger charge is -1.99. The standard InChI is InChI=1S/C13H18N2O2S/c1-2-6-14-9-11-10-17-13(15-11)16-7-5-12-4-3-8-18-12/h3-4,8,10,14H,2,5-7,9H2,1H3. The largest absolute Gasteiger partial charge is 0.450 e. The van der Waals surface area contributed by atoms with Gasteiger partial charge < -0.3 is 14.5 Å². The van der Waals surface area contributed by atoms with Crippen molar-refractivity contribution in [2.75, 3.05) is 13.2 Å². The predicted octanol–water partition coefficient (Wildman–Crippen LogP) is 2.86. The lowest BCUT2D eigenvalue weighted by atomic mass is 10.4. The molecule has 0 aliphatic carbocycles. The maximum atomic E-state index is 5.47. The highest BCUT2D eigenvalue weighted by Crippen LogP contribution is 2.12. The predicted molar refractivity (Wildman–Crippen MR) is 72.0 cm³/mol. The van der Waals surface area contributed by atoms with Gasteiger partial charge in [0.15, 0.2) is 0 Å². The van der Waals surface area contributed by atoms with Crippen molar-refractivity contribution in [2.24, 2.45) is 0 Å². The van der Waals surface area contributed by atoms with Crippen molar-refractivity contribution in [1.82, 2.24) is 10.3 Å². The first-order chi connectivity index (χ1) is 8.88. The van der Waals surface area contributed by atoms with Crippen molar-refractivity contribution in [3.63, 3.8) is 0 Å². The first kappa shape index (κ1) is 13.1. The molecule has 18 heavy (non-hydrogen) atoms. The summed E-state index contributed by atoms with van der Waals surface area (Å²) in [5, 5.41) is 5.33. The Morgan fingerprint density at radius 3 is 3.22 bits per heavy atom. The van der Waals surface area contributed by atoms with Gasteiger partial charge in [-0.2, -0.15) is 4.98 Å². The quantitative estimate of drug-likeness (QED) is 0.746. The van der Waals surface area contributed by atoms with Gasteiger partial charge in [0.05, 0.1) is 12.3 Å². The van der Waals surface area contributed by atoms with Gasteiger partial charge in [-0.15, -0.1) is 11.3 Å². The zero-order chi connectivity index (χ0) is 12.6. The Balaban J connectivity index is 1.69. The molecule has 0 spiro atoms. The van der Waals surface area contributed by atoms with Crippen LogP contribution in [0, 0.1) is 0 Å². The van der Waals surface area contributed by atoms with Crippen LogP contribution in [0.5, 0.6) is 6.08 Å². The van der Waals surface area contributed by atoms with E-state index < -0.39 is 0 Å². The topological polar surface area (TPSA) is 47.3 Å². The van der Waals surface area contributed by atoms with Gasteiger partial charge in [0.1, 0.15) is 6.26 Å². The molecule has 0 aliphatic heterocycles. The molecule has 2 aromatic rings. The van der Waals surface area contributed by atoms with Crippen LogP contribution < -0.4 is 10.1 Å². The van der Waals surface area contributed by atoms with Crippen molar-refractivity contribution in [1.29, 1.82) is 0 Å². The van der Waals surface area contributed by atoms with Crippen LogP contribution in [0.3, 0.4) is 0 Å². The van der Waals surface area contributed by atoms with Gasteiger partial charge in [-0.1, -0.05) is 13.0 Å². The van der Waals surface area contributed by atoms with E-state index in [4.69, 9.17) is 9.15 Å². The van der Waals surface area contributed by atoms with E-state index in [1.54, 1.807) is 17.6 Å². The van der Waals surface area contributed by atoms with E-state index in [0.717, 1.165) is 31.6 Å². The molecule has 0 aromatic carbocycles. The van der Waals surface area contributed by atoms with E-state index in [2.05, 4.69) is 28.7 Å².